The minimum Gasteiger partial charge on any atom is -0.480 e. The number of carboxylic acids is 1. The number of nitrogens with zero attached hydrogens (tertiary/aromatic N) is 1. The smallest absolute Gasteiger partial charge is 0.323 e. The first-order valence-corrected chi connectivity index (χ1v) is 8.79. The Morgan fingerprint density at radius 1 is 1.24 bits per heavy atom. The molecule has 1 heterocycles. The van der Waals surface area contributed by atoms with E-state index in [1.165, 1.54) is 38.6 Å². The van der Waals surface area contributed by atoms with Crippen LogP contribution >= 0.6 is 0 Å². The summed E-state index contributed by atoms with van der Waals surface area (Å²) in [6.07, 6.45) is 9.38. The van der Waals surface area contributed by atoms with Gasteiger partial charge in [0.2, 0.25) is 0 Å². The van der Waals surface area contributed by atoms with Gasteiger partial charge in [0.1, 0.15) is 5.54 Å². The molecule has 2 aliphatic carbocycles. The fourth-order valence-electron chi connectivity index (χ4n) is 5.19. The van der Waals surface area contributed by atoms with Gasteiger partial charge in [0.05, 0.1) is 0 Å². The number of hydrogen-bond donors (Lipinski definition) is 2. The van der Waals surface area contributed by atoms with E-state index in [9.17, 15) is 9.90 Å². The van der Waals surface area contributed by atoms with E-state index >= 15 is 0 Å². The van der Waals surface area contributed by atoms with E-state index in [0.29, 0.717) is 6.04 Å². The Labute approximate surface area is 128 Å². The maximum atomic E-state index is 11.8. The zero-order chi connectivity index (χ0) is 15.0. The molecule has 2 saturated carbocycles. The molecule has 120 valence electrons. The predicted octanol–water partition coefficient (Wildman–Crippen LogP) is 2.62. The van der Waals surface area contributed by atoms with Crippen LogP contribution in [0.25, 0.3) is 0 Å². The lowest BCUT2D eigenvalue weighted by molar-refractivity contribution is -0.145. The maximum absolute atomic E-state index is 11.8. The fraction of sp³-hybridized carbons (Fsp3) is 0.941. The first-order valence-electron chi connectivity index (χ1n) is 8.79. The van der Waals surface area contributed by atoms with Gasteiger partial charge in [0, 0.05) is 18.1 Å². The molecule has 0 spiro atoms. The van der Waals surface area contributed by atoms with Crippen LogP contribution < -0.4 is 5.32 Å². The van der Waals surface area contributed by atoms with Crippen LogP contribution in [0.2, 0.25) is 0 Å². The summed E-state index contributed by atoms with van der Waals surface area (Å²) in [4.78, 5) is 14.5. The third kappa shape index (κ3) is 2.85. The molecule has 1 aliphatic heterocycles. The number of fused-ring (bicyclic) bond motifs is 1. The molecule has 4 atom stereocenters. The standard InChI is InChI=1S/C17H30N2O2/c1-12(2)18-17(16(20)21)9-8-14(11-17)19-10-4-6-13-5-3-7-15(13)19/h12-15,18H,3-11H2,1-2H3,(H,20,21). The average Bonchev–Trinajstić information content (AvgIpc) is 3.04. The Kier molecular flexibility index (Phi) is 4.28. The summed E-state index contributed by atoms with van der Waals surface area (Å²) in [5.74, 6) is 0.232. The summed E-state index contributed by atoms with van der Waals surface area (Å²) in [5, 5.41) is 13.1. The normalized spacial score (nSPS) is 40.6. The molecule has 4 unspecified atom stereocenters. The van der Waals surface area contributed by atoms with Crippen molar-refractivity contribution in [3.63, 3.8) is 0 Å². The molecule has 4 nitrogen and oxygen atoms in total. The monoisotopic (exact) mass is 294 g/mol. The number of carbonyl (C=O) groups is 1. The summed E-state index contributed by atoms with van der Waals surface area (Å²) in [6, 6.07) is 1.44. The summed E-state index contributed by atoms with van der Waals surface area (Å²) >= 11 is 0. The molecule has 0 bridgehead atoms. The molecule has 3 aliphatic rings. The van der Waals surface area contributed by atoms with Gasteiger partial charge >= 0.3 is 5.97 Å². The van der Waals surface area contributed by atoms with Crippen LogP contribution in [0.3, 0.4) is 0 Å². The molecule has 21 heavy (non-hydrogen) atoms. The average molecular weight is 294 g/mol. The van der Waals surface area contributed by atoms with Crippen molar-refractivity contribution in [1.29, 1.82) is 0 Å². The van der Waals surface area contributed by atoms with E-state index in [4.69, 9.17) is 0 Å². The summed E-state index contributed by atoms with van der Waals surface area (Å²) in [7, 11) is 0. The van der Waals surface area contributed by atoms with E-state index in [2.05, 4.69) is 10.2 Å². The van der Waals surface area contributed by atoms with Crippen molar-refractivity contribution in [1.82, 2.24) is 10.2 Å². The Bertz CT molecular complexity index is 398. The summed E-state index contributed by atoms with van der Waals surface area (Å²) in [6.45, 7) is 5.28. The Morgan fingerprint density at radius 2 is 2.00 bits per heavy atom. The van der Waals surface area contributed by atoms with Crippen molar-refractivity contribution < 1.29 is 9.90 Å². The quantitative estimate of drug-likeness (QED) is 0.837. The largest absolute Gasteiger partial charge is 0.480 e. The van der Waals surface area contributed by atoms with E-state index in [0.717, 1.165) is 31.2 Å². The Balaban J connectivity index is 1.71. The van der Waals surface area contributed by atoms with Crippen LogP contribution in [0.1, 0.15) is 65.2 Å². The van der Waals surface area contributed by atoms with Crippen LogP contribution in [0.5, 0.6) is 0 Å². The molecule has 0 aromatic rings. The van der Waals surface area contributed by atoms with E-state index < -0.39 is 11.5 Å². The van der Waals surface area contributed by atoms with Crippen LogP contribution in [0.4, 0.5) is 0 Å². The van der Waals surface area contributed by atoms with Gasteiger partial charge in [-0.2, -0.15) is 0 Å². The molecule has 3 rings (SSSR count). The molecular formula is C17H30N2O2. The molecule has 0 amide bonds. The van der Waals surface area contributed by atoms with E-state index in [1.54, 1.807) is 0 Å². The topological polar surface area (TPSA) is 52.6 Å². The highest BCUT2D eigenvalue weighted by molar-refractivity contribution is 5.79. The highest BCUT2D eigenvalue weighted by atomic mass is 16.4. The van der Waals surface area contributed by atoms with Crippen LogP contribution in [-0.2, 0) is 4.79 Å². The van der Waals surface area contributed by atoms with Crippen molar-refractivity contribution in [3.8, 4) is 0 Å². The summed E-state index contributed by atoms with van der Waals surface area (Å²) < 4.78 is 0. The first kappa shape index (κ1) is 15.3. The number of piperidine rings is 1. The van der Waals surface area contributed by atoms with E-state index in [-0.39, 0.29) is 6.04 Å². The number of aliphatic carboxylic acids is 1. The Morgan fingerprint density at radius 3 is 2.71 bits per heavy atom. The molecule has 0 aromatic carbocycles. The molecule has 1 saturated heterocycles. The second-order valence-electron chi connectivity index (χ2n) is 7.72. The van der Waals surface area contributed by atoms with Crippen molar-refractivity contribution >= 4 is 5.97 Å². The third-order valence-electron chi connectivity index (χ3n) is 5.97. The number of rotatable bonds is 4. The first-order chi connectivity index (χ1) is 10.0. The lowest BCUT2D eigenvalue weighted by Crippen LogP contribution is -2.55. The maximum Gasteiger partial charge on any atom is 0.323 e. The van der Waals surface area contributed by atoms with Crippen LogP contribution in [0, 0.1) is 5.92 Å². The van der Waals surface area contributed by atoms with Crippen molar-refractivity contribution in [3.05, 3.63) is 0 Å². The van der Waals surface area contributed by atoms with Gasteiger partial charge in [-0.3, -0.25) is 15.0 Å². The lowest BCUT2D eigenvalue weighted by Gasteiger charge is -2.42. The van der Waals surface area contributed by atoms with Gasteiger partial charge in [0.25, 0.3) is 0 Å². The molecule has 0 radical (unpaired) electrons. The molecule has 4 heteroatoms. The van der Waals surface area contributed by atoms with Gasteiger partial charge in [0.15, 0.2) is 0 Å². The minimum absolute atomic E-state index is 0.223. The molecule has 0 aromatic heterocycles. The molecule has 3 fully saturated rings. The van der Waals surface area contributed by atoms with E-state index in [1.807, 2.05) is 13.8 Å². The second kappa shape index (κ2) is 5.88. The number of carboxylic acid groups (broad SMARTS) is 1. The van der Waals surface area contributed by atoms with Gasteiger partial charge < -0.3 is 5.11 Å². The minimum atomic E-state index is -0.690. The predicted molar refractivity (Wildman–Crippen MR) is 83.3 cm³/mol. The van der Waals surface area contributed by atoms with Crippen molar-refractivity contribution in [2.75, 3.05) is 6.54 Å². The highest BCUT2D eigenvalue weighted by Gasteiger charge is 2.49. The Hall–Kier alpha value is -0.610. The summed E-state index contributed by atoms with van der Waals surface area (Å²) in [5.41, 5.74) is -0.690. The third-order valence-corrected chi connectivity index (χ3v) is 5.97. The highest BCUT2D eigenvalue weighted by Crippen LogP contribution is 2.42. The number of nitrogens with one attached hydrogen (secondary N) is 1. The number of hydrogen-bond acceptors (Lipinski definition) is 3. The molecule has 2 N–H and O–H groups in total. The number of likely N-dealkylation sites (tertiary alicyclic amines) is 1. The second-order valence-corrected chi connectivity index (χ2v) is 7.72. The zero-order valence-electron chi connectivity index (χ0n) is 13.5. The van der Waals surface area contributed by atoms with Gasteiger partial charge in [-0.15, -0.1) is 0 Å². The lowest BCUT2D eigenvalue weighted by atomic mass is 9.89. The van der Waals surface area contributed by atoms with Crippen molar-refractivity contribution in [2.24, 2.45) is 5.92 Å². The zero-order valence-corrected chi connectivity index (χ0v) is 13.5. The van der Waals surface area contributed by atoms with Gasteiger partial charge in [-0.25, -0.2) is 0 Å². The molecular weight excluding hydrogens is 264 g/mol. The SMILES string of the molecule is CC(C)NC1(C(=O)O)CCC(N2CCCC3CCCC32)C1. The van der Waals surface area contributed by atoms with Crippen LogP contribution in [-0.4, -0.2) is 46.2 Å². The van der Waals surface area contributed by atoms with Crippen LogP contribution in [0.15, 0.2) is 0 Å². The fourth-order valence-corrected chi connectivity index (χ4v) is 5.19. The van der Waals surface area contributed by atoms with Crippen molar-refractivity contribution in [2.45, 2.75) is 88.9 Å². The van der Waals surface area contributed by atoms with Gasteiger partial charge in [-0.05, 0) is 71.3 Å². The van der Waals surface area contributed by atoms with Gasteiger partial charge in [-0.1, -0.05) is 6.42 Å².